The Hall–Kier alpha value is -1.99. The Bertz CT molecular complexity index is 921. The molecule has 278 valence electrons. The highest BCUT2D eigenvalue weighted by Crippen LogP contribution is 2.36. The zero-order valence-corrected chi connectivity index (χ0v) is 31.3. The van der Waals surface area contributed by atoms with Crippen LogP contribution in [0.5, 0.6) is 0 Å². The fraction of sp³-hybridized carbons (Fsp3) is 0.744. The van der Waals surface area contributed by atoms with Crippen molar-refractivity contribution in [1.29, 1.82) is 0 Å². The monoisotopic (exact) mass is 696 g/mol. The number of phosphoric ester groups is 1. The van der Waals surface area contributed by atoms with Gasteiger partial charge in [0.1, 0.15) is 6.61 Å². The van der Waals surface area contributed by atoms with Crippen LogP contribution in [0.15, 0.2) is 48.6 Å². The standard InChI is InChI=1S/C39H69O8P/c1-3-5-7-9-11-13-15-17-19-21-23-25-27-29-31-33-38(40)45-35-37(36-46-48(42,43)44)47-39(41)34-32-30-28-26-24-22-20-18-16-14-12-10-8-6-4-2/h6,8,10,12,14,16,18,20,37H,3-5,7,9,11,13,15,17,19,21-36H2,1-2H3,(H2,42,43,44)/b8-6+,12-10+,16-14+,20-18+/t37-/m1/s1. The highest BCUT2D eigenvalue weighted by molar-refractivity contribution is 7.46. The second-order valence-electron chi connectivity index (χ2n) is 12.6. The molecular formula is C39H69O8P. The number of allylic oxidation sites excluding steroid dienone is 8. The average molecular weight is 697 g/mol. The van der Waals surface area contributed by atoms with Gasteiger partial charge in [0.2, 0.25) is 0 Å². The predicted molar refractivity (Wildman–Crippen MR) is 198 cm³/mol. The summed E-state index contributed by atoms with van der Waals surface area (Å²) in [7, 11) is -4.76. The molecule has 0 aliphatic heterocycles. The molecule has 0 heterocycles. The number of phosphoric acid groups is 1. The van der Waals surface area contributed by atoms with E-state index in [9.17, 15) is 14.2 Å². The Morgan fingerprint density at radius 1 is 0.562 bits per heavy atom. The van der Waals surface area contributed by atoms with Crippen LogP contribution in [-0.2, 0) is 28.2 Å². The molecule has 0 bridgehead atoms. The van der Waals surface area contributed by atoms with E-state index in [2.05, 4.69) is 36.6 Å². The first kappa shape index (κ1) is 46.0. The highest BCUT2D eigenvalue weighted by Gasteiger charge is 2.22. The Kier molecular flexibility index (Phi) is 33.4. The average Bonchev–Trinajstić information content (AvgIpc) is 3.05. The molecule has 9 heteroatoms. The molecule has 0 aliphatic rings. The van der Waals surface area contributed by atoms with Gasteiger partial charge in [-0.15, -0.1) is 0 Å². The normalized spacial score (nSPS) is 13.0. The van der Waals surface area contributed by atoms with Crippen molar-refractivity contribution in [3.63, 3.8) is 0 Å². The van der Waals surface area contributed by atoms with Gasteiger partial charge in [0, 0.05) is 12.8 Å². The van der Waals surface area contributed by atoms with Crippen LogP contribution in [0.2, 0.25) is 0 Å². The van der Waals surface area contributed by atoms with Gasteiger partial charge >= 0.3 is 19.8 Å². The van der Waals surface area contributed by atoms with Crippen LogP contribution in [0, 0.1) is 0 Å². The van der Waals surface area contributed by atoms with Crippen molar-refractivity contribution in [2.24, 2.45) is 0 Å². The molecule has 0 aliphatic carbocycles. The molecule has 48 heavy (non-hydrogen) atoms. The van der Waals surface area contributed by atoms with Gasteiger partial charge in [-0.25, -0.2) is 4.57 Å². The van der Waals surface area contributed by atoms with Gasteiger partial charge in [0.25, 0.3) is 0 Å². The number of unbranched alkanes of at least 4 members (excludes halogenated alkanes) is 19. The number of carbonyl (C=O) groups is 2. The predicted octanol–water partition coefficient (Wildman–Crippen LogP) is 11.2. The van der Waals surface area contributed by atoms with Crippen molar-refractivity contribution in [3.05, 3.63) is 48.6 Å². The minimum absolute atomic E-state index is 0.186. The molecule has 0 saturated heterocycles. The van der Waals surface area contributed by atoms with Gasteiger partial charge in [0.15, 0.2) is 6.10 Å². The first-order chi connectivity index (χ1) is 23.3. The quantitative estimate of drug-likeness (QED) is 0.0295. The van der Waals surface area contributed by atoms with Crippen LogP contribution in [0.25, 0.3) is 0 Å². The van der Waals surface area contributed by atoms with Gasteiger partial charge < -0.3 is 19.3 Å². The third-order valence-electron chi connectivity index (χ3n) is 7.96. The van der Waals surface area contributed by atoms with Crippen LogP contribution in [-0.4, -0.2) is 41.0 Å². The number of hydrogen-bond acceptors (Lipinski definition) is 6. The molecule has 0 saturated carbocycles. The van der Waals surface area contributed by atoms with Crippen molar-refractivity contribution in [3.8, 4) is 0 Å². The first-order valence-electron chi connectivity index (χ1n) is 19.0. The topological polar surface area (TPSA) is 119 Å². The second kappa shape index (κ2) is 34.9. The SMILES string of the molecule is CC/C=C/C=C/C=C/C=C/CCCCCCCC(=O)O[C@H](COC(=O)CCCCCCCCCCCCCCCCC)COP(=O)(O)O. The molecule has 0 radical (unpaired) electrons. The van der Waals surface area contributed by atoms with Gasteiger partial charge in [0.05, 0.1) is 6.61 Å². The first-order valence-corrected chi connectivity index (χ1v) is 20.5. The molecule has 8 nitrogen and oxygen atoms in total. The van der Waals surface area contributed by atoms with E-state index in [0.717, 1.165) is 57.8 Å². The molecule has 0 spiro atoms. The molecule has 0 amide bonds. The molecule has 2 N–H and O–H groups in total. The summed E-state index contributed by atoms with van der Waals surface area (Å²) in [5, 5.41) is 0. The van der Waals surface area contributed by atoms with Crippen LogP contribution in [0.1, 0.15) is 168 Å². The third kappa shape index (κ3) is 36.8. The van der Waals surface area contributed by atoms with E-state index in [0.29, 0.717) is 6.42 Å². The molecule has 0 fully saturated rings. The smallest absolute Gasteiger partial charge is 0.462 e. The summed E-state index contributed by atoms with van der Waals surface area (Å²) in [5.74, 6) is -0.911. The zero-order chi connectivity index (χ0) is 35.4. The Morgan fingerprint density at radius 2 is 1.00 bits per heavy atom. The van der Waals surface area contributed by atoms with Crippen LogP contribution in [0.4, 0.5) is 0 Å². The maximum Gasteiger partial charge on any atom is 0.469 e. The van der Waals surface area contributed by atoms with Gasteiger partial charge in [-0.1, -0.05) is 172 Å². The van der Waals surface area contributed by atoms with Crippen molar-refractivity contribution >= 4 is 19.8 Å². The fourth-order valence-corrected chi connectivity index (χ4v) is 5.51. The molecule has 0 unspecified atom stereocenters. The Morgan fingerprint density at radius 3 is 1.50 bits per heavy atom. The minimum atomic E-state index is -4.76. The maximum atomic E-state index is 12.3. The summed E-state index contributed by atoms with van der Waals surface area (Å²) in [5.41, 5.74) is 0. The van der Waals surface area contributed by atoms with Gasteiger partial charge in [-0.3, -0.25) is 14.1 Å². The lowest BCUT2D eigenvalue weighted by Gasteiger charge is -2.18. The maximum absolute atomic E-state index is 12.3. The Balaban J connectivity index is 4.00. The number of esters is 2. The summed E-state index contributed by atoms with van der Waals surface area (Å²) in [6.45, 7) is 3.52. The Labute approximate surface area is 293 Å². The second-order valence-corrected chi connectivity index (χ2v) is 13.9. The number of carbonyl (C=O) groups excluding carboxylic acids is 2. The molecule has 0 rings (SSSR count). The summed E-state index contributed by atoms with van der Waals surface area (Å²) in [6, 6.07) is 0. The third-order valence-corrected chi connectivity index (χ3v) is 8.44. The van der Waals surface area contributed by atoms with E-state index in [1.54, 1.807) is 0 Å². The van der Waals surface area contributed by atoms with Crippen molar-refractivity contribution < 1.29 is 37.9 Å². The summed E-state index contributed by atoms with van der Waals surface area (Å²) in [6.07, 6.45) is 41.1. The van der Waals surface area contributed by atoms with Crippen molar-refractivity contribution in [1.82, 2.24) is 0 Å². The highest BCUT2D eigenvalue weighted by atomic mass is 31.2. The van der Waals surface area contributed by atoms with Crippen LogP contribution < -0.4 is 0 Å². The lowest BCUT2D eigenvalue weighted by molar-refractivity contribution is -0.161. The lowest BCUT2D eigenvalue weighted by Crippen LogP contribution is -2.29. The van der Waals surface area contributed by atoms with E-state index in [4.69, 9.17) is 19.3 Å². The minimum Gasteiger partial charge on any atom is -0.462 e. The summed E-state index contributed by atoms with van der Waals surface area (Å²) in [4.78, 5) is 42.7. The molecule has 0 aromatic carbocycles. The number of hydrogen-bond donors (Lipinski definition) is 2. The van der Waals surface area contributed by atoms with Crippen molar-refractivity contribution in [2.75, 3.05) is 13.2 Å². The number of ether oxygens (including phenoxy) is 2. The van der Waals surface area contributed by atoms with E-state index in [1.807, 2.05) is 30.4 Å². The van der Waals surface area contributed by atoms with E-state index in [1.165, 1.54) is 77.0 Å². The largest absolute Gasteiger partial charge is 0.469 e. The number of rotatable bonds is 34. The van der Waals surface area contributed by atoms with Crippen molar-refractivity contribution in [2.45, 2.75) is 174 Å². The zero-order valence-electron chi connectivity index (χ0n) is 30.4. The van der Waals surface area contributed by atoms with Gasteiger partial charge in [-0.2, -0.15) is 0 Å². The lowest BCUT2D eigenvalue weighted by atomic mass is 10.0. The summed E-state index contributed by atoms with van der Waals surface area (Å²) >= 11 is 0. The molecule has 1 atom stereocenters. The van der Waals surface area contributed by atoms with Gasteiger partial charge in [-0.05, 0) is 32.1 Å². The molecule has 0 aromatic rings. The summed E-state index contributed by atoms with van der Waals surface area (Å²) < 4.78 is 26.3. The van der Waals surface area contributed by atoms with Crippen LogP contribution >= 0.6 is 7.82 Å². The van der Waals surface area contributed by atoms with E-state index in [-0.39, 0.29) is 19.4 Å². The molecule has 0 aromatic heterocycles. The van der Waals surface area contributed by atoms with E-state index < -0.39 is 32.5 Å². The van der Waals surface area contributed by atoms with Crippen LogP contribution in [0.3, 0.4) is 0 Å². The fourth-order valence-electron chi connectivity index (χ4n) is 5.15. The van der Waals surface area contributed by atoms with E-state index >= 15 is 0 Å². The molecular weight excluding hydrogens is 627 g/mol.